The zero-order chi connectivity index (χ0) is 20.9. The molecule has 0 saturated carbocycles. The highest BCUT2D eigenvalue weighted by atomic mass is 35.5. The van der Waals surface area contributed by atoms with E-state index in [0.717, 1.165) is 0 Å². The number of rotatable bonds is 7. The number of aromatic nitrogens is 2. The van der Waals surface area contributed by atoms with Crippen molar-refractivity contribution in [3.8, 4) is 17.0 Å². The highest BCUT2D eigenvalue weighted by Gasteiger charge is 2.31. The molecule has 0 fully saturated rings. The van der Waals surface area contributed by atoms with Gasteiger partial charge in [-0.05, 0) is 30.3 Å². The summed E-state index contributed by atoms with van der Waals surface area (Å²) in [6, 6.07) is 14.0. The largest absolute Gasteiger partial charge is 0.573 e. The smallest absolute Gasteiger partial charge is 0.406 e. The van der Waals surface area contributed by atoms with Crippen LogP contribution in [-0.2, 0) is 0 Å². The van der Waals surface area contributed by atoms with Crippen molar-refractivity contribution in [3.05, 3.63) is 59.6 Å². The molecule has 0 aliphatic rings. The van der Waals surface area contributed by atoms with Gasteiger partial charge in [-0.25, -0.2) is 4.98 Å². The summed E-state index contributed by atoms with van der Waals surface area (Å²) in [7, 11) is 0. The first-order valence-corrected chi connectivity index (χ1v) is 8.83. The predicted molar refractivity (Wildman–Crippen MR) is 104 cm³/mol. The molecule has 0 aliphatic heterocycles. The molecule has 3 N–H and O–H groups in total. The van der Waals surface area contributed by atoms with Crippen molar-refractivity contribution < 1.29 is 23.0 Å². The van der Waals surface area contributed by atoms with Crippen LogP contribution in [-0.4, -0.2) is 34.6 Å². The standard InChI is InChI=1S/C19H16ClF3N4O2/c20-13-4-2-5-14(10-13)25-17-11-16(26-18(27-17)24-7-8-28)12-3-1-6-15(9-12)29-19(21,22)23/h1-6,9-11,28H,7-8H2,(H2,24,25,26,27). The first-order valence-electron chi connectivity index (χ1n) is 8.45. The number of benzene rings is 2. The molecule has 0 aliphatic carbocycles. The van der Waals surface area contributed by atoms with Gasteiger partial charge in [0.15, 0.2) is 0 Å². The maximum atomic E-state index is 12.5. The maximum Gasteiger partial charge on any atom is 0.573 e. The van der Waals surface area contributed by atoms with Crippen molar-refractivity contribution in [2.45, 2.75) is 6.36 Å². The maximum absolute atomic E-state index is 12.5. The fourth-order valence-electron chi connectivity index (χ4n) is 2.47. The van der Waals surface area contributed by atoms with Crippen LogP contribution in [0.25, 0.3) is 11.3 Å². The van der Waals surface area contributed by atoms with Gasteiger partial charge < -0.3 is 20.5 Å². The van der Waals surface area contributed by atoms with Crippen molar-refractivity contribution in [2.75, 3.05) is 23.8 Å². The second-order valence-electron chi connectivity index (χ2n) is 5.82. The van der Waals surface area contributed by atoms with E-state index in [1.807, 2.05) is 0 Å². The number of anilines is 3. The molecule has 29 heavy (non-hydrogen) atoms. The molecule has 3 rings (SSSR count). The average Bonchev–Trinajstić information content (AvgIpc) is 2.65. The summed E-state index contributed by atoms with van der Waals surface area (Å²) in [5, 5.41) is 15.5. The van der Waals surface area contributed by atoms with E-state index < -0.39 is 6.36 Å². The number of halogens is 4. The Kier molecular flexibility index (Phi) is 6.40. The van der Waals surface area contributed by atoms with Crippen LogP contribution in [0.15, 0.2) is 54.6 Å². The van der Waals surface area contributed by atoms with Crippen molar-refractivity contribution in [1.82, 2.24) is 9.97 Å². The van der Waals surface area contributed by atoms with Crippen molar-refractivity contribution in [3.63, 3.8) is 0 Å². The number of hydrogen-bond donors (Lipinski definition) is 3. The third-order valence-electron chi connectivity index (χ3n) is 3.58. The minimum Gasteiger partial charge on any atom is -0.406 e. The van der Waals surface area contributed by atoms with E-state index in [4.69, 9.17) is 16.7 Å². The molecule has 10 heteroatoms. The minimum atomic E-state index is -4.79. The summed E-state index contributed by atoms with van der Waals surface area (Å²) in [6.45, 7) is 0.0663. The lowest BCUT2D eigenvalue weighted by Gasteiger charge is -2.13. The first-order chi connectivity index (χ1) is 13.8. The normalized spacial score (nSPS) is 11.2. The lowest BCUT2D eigenvalue weighted by molar-refractivity contribution is -0.274. The van der Waals surface area contributed by atoms with Gasteiger partial charge in [0.25, 0.3) is 0 Å². The molecule has 1 heterocycles. The topological polar surface area (TPSA) is 79.3 Å². The first kappa shape index (κ1) is 20.7. The van der Waals surface area contributed by atoms with Crippen molar-refractivity contribution >= 4 is 29.1 Å². The van der Waals surface area contributed by atoms with Crippen LogP contribution in [0.1, 0.15) is 0 Å². The summed E-state index contributed by atoms with van der Waals surface area (Å²) in [5.41, 5.74) is 1.43. The second kappa shape index (κ2) is 8.97. The molecule has 152 valence electrons. The van der Waals surface area contributed by atoms with E-state index in [1.165, 1.54) is 18.2 Å². The third-order valence-corrected chi connectivity index (χ3v) is 3.82. The molecule has 3 aromatic rings. The molecule has 0 atom stereocenters. The van der Waals surface area contributed by atoms with Gasteiger partial charge in [-0.15, -0.1) is 13.2 Å². The fourth-order valence-corrected chi connectivity index (χ4v) is 2.66. The molecule has 0 spiro atoms. The molecular weight excluding hydrogens is 409 g/mol. The van der Waals surface area contributed by atoms with E-state index in [1.54, 1.807) is 36.4 Å². The van der Waals surface area contributed by atoms with Gasteiger partial charge in [-0.3, -0.25) is 0 Å². The molecule has 0 unspecified atom stereocenters. The van der Waals surface area contributed by atoms with Gasteiger partial charge in [0, 0.05) is 28.9 Å². The van der Waals surface area contributed by atoms with Crippen molar-refractivity contribution in [2.24, 2.45) is 0 Å². The van der Waals surface area contributed by atoms with Crippen LogP contribution in [0.2, 0.25) is 5.02 Å². The summed E-state index contributed by atoms with van der Waals surface area (Å²) in [5.74, 6) is 0.228. The Labute approximate surface area is 169 Å². The van der Waals surface area contributed by atoms with E-state index in [0.29, 0.717) is 27.8 Å². The number of hydrogen-bond acceptors (Lipinski definition) is 6. The van der Waals surface area contributed by atoms with Gasteiger partial charge in [0.05, 0.1) is 12.3 Å². The van der Waals surface area contributed by atoms with Crippen LogP contribution >= 0.6 is 11.6 Å². The van der Waals surface area contributed by atoms with E-state index in [-0.39, 0.29) is 24.8 Å². The van der Waals surface area contributed by atoms with Gasteiger partial charge >= 0.3 is 6.36 Å². The number of nitrogens with one attached hydrogen (secondary N) is 2. The quantitative estimate of drug-likeness (QED) is 0.503. The number of alkyl halides is 3. The molecule has 1 aromatic heterocycles. The molecule has 0 amide bonds. The number of aliphatic hydroxyl groups is 1. The average molecular weight is 425 g/mol. The third kappa shape index (κ3) is 6.23. The van der Waals surface area contributed by atoms with Crippen LogP contribution in [0.4, 0.5) is 30.6 Å². The van der Waals surface area contributed by atoms with Gasteiger partial charge in [-0.2, -0.15) is 4.98 Å². The Morgan fingerprint density at radius 1 is 1.03 bits per heavy atom. The fraction of sp³-hybridized carbons (Fsp3) is 0.158. The SMILES string of the molecule is OCCNc1nc(Nc2cccc(Cl)c2)cc(-c2cccc(OC(F)(F)F)c2)n1. The molecule has 0 radical (unpaired) electrons. The van der Waals surface area contributed by atoms with E-state index in [9.17, 15) is 13.2 Å². The molecule has 6 nitrogen and oxygen atoms in total. The Morgan fingerprint density at radius 2 is 1.83 bits per heavy atom. The van der Waals surface area contributed by atoms with Crippen molar-refractivity contribution in [1.29, 1.82) is 0 Å². The Balaban J connectivity index is 1.96. The Hall–Kier alpha value is -3.04. The zero-order valence-corrected chi connectivity index (χ0v) is 15.6. The summed E-state index contributed by atoms with van der Waals surface area (Å²) in [4.78, 5) is 8.61. The Morgan fingerprint density at radius 3 is 2.55 bits per heavy atom. The van der Waals surface area contributed by atoms with Crippen LogP contribution < -0.4 is 15.4 Å². The monoisotopic (exact) mass is 424 g/mol. The number of aliphatic hydroxyl groups excluding tert-OH is 1. The lowest BCUT2D eigenvalue weighted by Crippen LogP contribution is -2.17. The Bertz CT molecular complexity index is 986. The zero-order valence-electron chi connectivity index (χ0n) is 14.9. The second-order valence-corrected chi connectivity index (χ2v) is 6.26. The summed E-state index contributed by atoms with van der Waals surface area (Å²) in [6.07, 6.45) is -4.79. The van der Waals surface area contributed by atoms with Crippen LogP contribution in [0.5, 0.6) is 5.75 Å². The lowest BCUT2D eigenvalue weighted by atomic mass is 10.1. The highest BCUT2D eigenvalue weighted by Crippen LogP contribution is 2.29. The molecule has 0 saturated heterocycles. The number of ether oxygens (including phenoxy) is 1. The molecule has 2 aromatic carbocycles. The van der Waals surface area contributed by atoms with Gasteiger partial charge in [0.2, 0.25) is 5.95 Å². The predicted octanol–water partition coefficient (Wildman–Crippen LogP) is 4.84. The summed E-state index contributed by atoms with van der Waals surface area (Å²) < 4.78 is 41.5. The van der Waals surface area contributed by atoms with Crippen LogP contribution in [0.3, 0.4) is 0 Å². The van der Waals surface area contributed by atoms with E-state index in [2.05, 4.69) is 25.3 Å². The summed E-state index contributed by atoms with van der Waals surface area (Å²) >= 11 is 5.99. The van der Waals surface area contributed by atoms with Gasteiger partial charge in [-0.1, -0.05) is 29.8 Å². The minimum absolute atomic E-state index is 0.139. The molecule has 0 bridgehead atoms. The molecular formula is C19H16ClF3N4O2. The number of nitrogens with zero attached hydrogens (tertiary/aromatic N) is 2. The van der Waals surface area contributed by atoms with E-state index >= 15 is 0 Å². The highest BCUT2D eigenvalue weighted by molar-refractivity contribution is 6.30. The van der Waals surface area contributed by atoms with Crippen LogP contribution in [0, 0.1) is 0 Å². The van der Waals surface area contributed by atoms with Gasteiger partial charge in [0.1, 0.15) is 11.6 Å².